The number of amides is 1. The molecule has 1 aliphatic carbocycles. The van der Waals surface area contributed by atoms with Crippen LogP contribution in [0.25, 0.3) is 0 Å². The second kappa shape index (κ2) is 8.28. The molecule has 0 unspecified atom stereocenters. The number of carbonyl (C=O) groups excluding carboxylic acids is 1. The molecule has 20 heavy (non-hydrogen) atoms. The van der Waals surface area contributed by atoms with Crippen molar-refractivity contribution in [1.29, 1.82) is 0 Å². The van der Waals surface area contributed by atoms with Crippen LogP contribution in [-0.4, -0.2) is 11.9 Å². The Labute approximate surface area is 127 Å². The number of benzene rings is 1. The zero-order valence-electron chi connectivity index (χ0n) is 12.1. The minimum Gasteiger partial charge on any atom is -0.327 e. The van der Waals surface area contributed by atoms with Crippen LogP contribution in [0.15, 0.2) is 24.3 Å². The fourth-order valence-corrected chi connectivity index (χ4v) is 2.89. The Kier molecular flexibility index (Phi) is 7.03. The van der Waals surface area contributed by atoms with E-state index in [9.17, 15) is 4.79 Å². The predicted molar refractivity (Wildman–Crippen MR) is 86.2 cm³/mol. The van der Waals surface area contributed by atoms with Crippen LogP contribution in [0.1, 0.15) is 44.6 Å². The van der Waals surface area contributed by atoms with E-state index in [2.05, 4.69) is 18.3 Å². The van der Waals surface area contributed by atoms with Gasteiger partial charge < -0.3 is 11.1 Å². The van der Waals surface area contributed by atoms with E-state index in [1.165, 1.54) is 5.56 Å². The van der Waals surface area contributed by atoms with E-state index in [0.717, 1.165) is 37.8 Å². The van der Waals surface area contributed by atoms with Crippen molar-refractivity contribution in [1.82, 2.24) is 0 Å². The Hall–Kier alpha value is -1.06. The summed E-state index contributed by atoms with van der Waals surface area (Å²) in [4.78, 5) is 12.1. The van der Waals surface area contributed by atoms with E-state index in [0.29, 0.717) is 12.3 Å². The van der Waals surface area contributed by atoms with Gasteiger partial charge in [0.15, 0.2) is 0 Å². The Bertz CT molecular complexity index is 436. The van der Waals surface area contributed by atoms with Crippen LogP contribution in [0, 0.1) is 5.92 Å². The minimum atomic E-state index is 0. The third-order valence-electron chi connectivity index (χ3n) is 3.98. The highest BCUT2D eigenvalue weighted by atomic mass is 35.5. The topological polar surface area (TPSA) is 55.1 Å². The van der Waals surface area contributed by atoms with Gasteiger partial charge in [-0.05, 0) is 36.8 Å². The molecule has 1 fully saturated rings. The summed E-state index contributed by atoms with van der Waals surface area (Å²) in [6.07, 6.45) is 5.95. The molecular weight excluding hydrogens is 272 g/mol. The van der Waals surface area contributed by atoms with Gasteiger partial charge in [-0.25, -0.2) is 0 Å². The van der Waals surface area contributed by atoms with Crippen molar-refractivity contribution in [2.24, 2.45) is 11.7 Å². The first kappa shape index (κ1) is 17.0. The van der Waals surface area contributed by atoms with Gasteiger partial charge in [0.05, 0.1) is 0 Å². The van der Waals surface area contributed by atoms with Gasteiger partial charge in [-0.3, -0.25) is 4.79 Å². The van der Waals surface area contributed by atoms with Crippen LogP contribution in [0.4, 0.5) is 5.69 Å². The normalized spacial score (nSPS) is 21.3. The molecule has 1 aliphatic rings. The first-order valence-electron chi connectivity index (χ1n) is 7.34. The van der Waals surface area contributed by atoms with Crippen LogP contribution in [0.3, 0.4) is 0 Å². The van der Waals surface area contributed by atoms with Gasteiger partial charge in [0.25, 0.3) is 0 Å². The molecule has 0 saturated heterocycles. The molecule has 1 amide bonds. The van der Waals surface area contributed by atoms with Crippen LogP contribution in [0.5, 0.6) is 0 Å². The maximum absolute atomic E-state index is 12.1. The van der Waals surface area contributed by atoms with Gasteiger partial charge in [0.1, 0.15) is 0 Å². The fraction of sp³-hybridized carbons (Fsp3) is 0.562. The van der Waals surface area contributed by atoms with E-state index < -0.39 is 0 Å². The quantitative estimate of drug-likeness (QED) is 0.873. The predicted octanol–water partition coefficient (Wildman–Crippen LogP) is 3.52. The summed E-state index contributed by atoms with van der Waals surface area (Å²) in [7, 11) is 0. The Morgan fingerprint density at radius 2 is 2.10 bits per heavy atom. The Morgan fingerprint density at radius 1 is 1.35 bits per heavy atom. The third kappa shape index (κ3) is 4.50. The lowest BCUT2D eigenvalue weighted by Crippen LogP contribution is -2.28. The molecule has 3 nitrogen and oxygen atoms in total. The second-order valence-corrected chi connectivity index (χ2v) is 5.51. The molecule has 2 atom stereocenters. The molecule has 2 rings (SSSR count). The molecule has 1 aromatic carbocycles. The monoisotopic (exact) mass is 296 g/mol. The highest BCUT2D eigenvalue weighted by Gasteiger charge is 2.26. The number of halogens is 1. The van der Waals surface area contributed by atoms with E-state index >= 15 is 0 Å². The maximum atomic E-state index is 12.1. The lowest BCUT2D eigenvalue weighted by atomic mass is 9.99. The van der Waals surface area contributed by atoms with Crippen molar-refractivity contribution >= 4 is 24.0 Å². The van der Waals surface area contributed by atoms with Crippen LogP contribution < -0.4 is 11.1 Å². The van der Waals surface area contributed by atoms with Gasteiger partial charge in [-0.1, -0.05) is 38.0 Å². The molecule has 0 spiro atoms. The molecule has 1 aromatic rings. The van der Waals surface area contributed by atoms with Crippen molar-refractivity contribution in [3.63, 3.8) is 0 Å². The smallest absolute Gasteiger partial charge is 0.224 e. The van der Waals surface area contributed by atoms with Crippen LogP contribution >= 0.6 is 12.4 Å². The maximum Gasteiger partial charge on any atom is 0.224 e. The minimum absolute atomic E-state index is 0. The number of nitrogens with one attached hydrogen (secondary N) is 1. The first-order valence-corrected chi connectivity index (χ1v) is 7.34. The highest BCUT2D eigenvalue weighted by molar-refractivity contribution is 5.91. The van der Waals surface area contributed by atoms with Gasteiger partial charge in [-0.15, -0.1) is 12.4 Å². The molecule has 1 saturated carbocycles. The summed E-state index contributed by atoms with van der Waals surface area (Å²) < 4.78 is 0. The van der Waals surface area contributed by atoms with Crippen molar-refractivity contribution in [3.05, 3.63) is 29.8 Å². The fourth-order valence-electron chi connectivity index (χ4n) is 2.89. The van der Waals surface area contributed by atoms with E-state index in [-0.39, 0.29) is 24.4 Å². The SMILES string of the molecule is CCCc1ccccc1NC(=O)C[C@@H]1CCC[C@H]1N.Cl. The number of hydrogen-bond donors (Lipinski definition) is 2. The number of nitrogens with two attached hydrogens (primary N) is 1. The number of para-hydroxylation sites is 1. The largest absolute Gasteiger partial charge is 0.327 e. The number of hydrogen-bond acceptors (Lipinski definition) is 2. The van der Waals surface area contributed by atoms with Gasteiger partial charge in [0, 0.05) is 18.2 Å². The zero-order chi connectivity index (χ0) is 13.7. The zero-order valence-corrected chi connectivity index (χ0v) is 12.9. The molecule has 0 bridgehead atoms. The van der Waals surface area contributed by atoms with Crippen molar-refractivity contribution in [3.8, 4) is 0 Å². The van der Waals surface area contributed by atoms with Crippen LogP contribution in [-0.2, 0) is 11.2 Å². The second-order valence-electron chi connectivity index (χ2n) is 5.51. The average molecular weight is 297 g/mol. The highest BCUT2D eigenvalue weighted by Crippen LogP contribution is 2.27. The van der Waals surface area contributed by atoms with E-state index in [1.807, 2.05) is 18.2 Å². The van der Waals surface area contributed by atoms with Crippen molar-refractivity contribution in [2.45, 2.75) is 51.5 Å². The molecule has 4 heteroatoms. The molecule has 0 aliphatic heterocycles. The summed E-state index contributed by atoms with van der Waals surface area (Å²) >= 11 is 0. The van der Waals surface area contributed by atoms with Crippen molar-refractivity contribution in [2.75, 3.05) is 5.32 Å². The standard InChI is InChI=1S/C16H24N2O.ClH/c1-2-6-12-7-3-4-10-15(12)18-16(19)11-13-8-5-9-14(13)17;/h3-4,7,10,13-14H,2,5-6,8-9,11,17H2,1H3,(H,18,19);1H/t13-,14+;/m0./s1. The summed E-state index contributed by atoms with van der Waals surface area (Å²) in [6, 6.07) is 8.26. The number of aryl methyl sites for hydroxylation is 1. The lowest BCUT2D eigenvalue weighted by molar-refractivity contribution is -0.117. The van der Waals surface area contributed by atoms with Gasteiger partial charge in [-0.2, -0.15) is 0 Å². The third-order valence-corrected chi connectivity index (χ3v) is 3.98. The van der Waals surface area contributed by atoms with Gasteiger partial charge in [0.2, 0.25) is 5.91 Å². The number of carbonyl (C=O) groups is 1. The summed E-state index contributed by atoms with van der Waals surface area (Å²) in [5.41, 5.74) is 8.19. The molecule has 0 heterocycles. The number of rotatable bonds is 5. The summed E-state index contributed by atoms with van der Waals surface area (Å²) in [5.74, 6) is 0.462. The number of anilines is 1. The van der Waals surface area contributed by atoms with E-state index in [1.54, 1.807) is 0 Å². The molecular formula is C16H25ClN2O. The Balaban J connectivity index is 0.00000200. The first-order chi connectivity index (χ1) is 9.20. The van der Waals surface area contributed by atoms with Gasteiger partial charge >= 0.3 is 0 Å². The molecule has 0 aromatic heterocycles. The van der Waals surface area contributed by atoms with Crippen molar-refractivity contribution < 1.29 is 4.79 Å². The Morgan fingerprint density at radius 3 is 2.75 bits per heavy atom. The lowest BCUT2D eigenvalue weighted by Gasteiger charge is -2.16. The molecule has 0 radical (unpaired) electrons. The molecule has 3 N–H and O–H groups in total. The average Bonchev–Trinajstić information content (AvgIpc) is 2.78. The summed E-state index contributed by atoms with van der Waals surface area (Å²) in [6.45, 7) is 2.15. The summed E-state index contributed by atoms with van der Waals surface area (Å²) in [5, 5.41) is 3.05. The molecule has 112 valence electrons. The van der Waals surface area contributed by atoms with E-state index in [4.69, 9.17) is 5.73 Å². The van der Waals surface area contributed by atoms with Crippen LogP contribution in [0.2, 0.25) is 0 Å².